The predicted octanol–water partition coefficient (Wildman–Crippen LogP) is 0.842. The van der Waals surface area contributed by atoms with E-state index in [4.69, 9.17) is 9.84 Å². The highest BCUT2D eigenvalue weighted by atomic mass is 16.5. The van der Waals surface area contributed by atoms with Gasteiger partial charge in [0.05, 0.1) is 6.61 Å². The average Bonchev–Trinajstić information content (AvgIpc) is 2.00. The van der Waals surface area contributed by atoms with Crippen LogP contribution in [-0.4, -0.2) is 29.8 Å². The molecule has 0 saturated carbocycles. The first kappa shape index (κ1) is 11.7. The quantitative estimate of drug-likeness (QED) is 0.687. The van der Waals surface area contributed by atoms with E-state index < -0.39 is 18.1 Å². The standard InChI is InChI=1S/C8H15NO4/c1-5(2)4-13-8(12)9-6(3)7(10)11/h5-6H,4H2,1-3H3,(H,9,12)(H,10,11). The van der Waals surface area contributed by atoms with Crippen LogP contribution in [0.25, 0.3) is 0 Å². The van der Waals surface area contributed by atoms with E-state index in [0.717, 1.165) is 0 Å². The second kappa shape index (κ2) is 5.40. The van der Waals surface area contributed by atoms with Crippen molar-refractivity contribution in [2.75, 3.05) is 6.61 Å². The maximum absolute atomic E-state index is 10.9. The molecule has 1 atom stereocenters. The lowest BCUT2D eigenvalue weighted by Crippen LogP contribution is -2.39. The molecule has 0 rings (SSSR count). The number of hydrogen-bond donors (Lipinski definition) is 2. The van der Waals surface area contributed by atoms with Gasteiger partial charge < -0.3 is 15.2 Å². The van der Waals surface area contributed by atoms with Crippen LogP contribution in [0.2, 0.25) is 0 Å². The maximum Gasteiger partial charge on any atom is 0.407 e. The van der Waals surface area contributed by atoms with Gasteiger partial charge in [-0.3, -0.25) is 4.79 Å². The molecule has 0 aromatic carbocycles. The normalized spacial score (nSPS) is 12.3. The molecule has 13 heavy (non-hydrogen) atoms. The molecular formula is C8H15NO4. The van der Waals surface area contributed by atoms with Crippen molar-refractivity contribution in [1.82, 2.24) is 5.32 Å². The van der Waals surface area contributed by atoms with Crippen molar-refractivity contribution in [3.63, 3.8) is 0 Å². The Labute approximate surface area is 77.1 Å². The molecule has 2 N–H and O–H groups in total. The van der Waals surface area contributed by atoms with Crippen molar-refractivity contribution in [3.05, 3.63) is 0 Å². The van der Waals surface area contributed by atoms with Gasteiger partial charge in [-0.25, -0.2) is 4.79 Å². The van der Waals surface area contributed by atoms with E-state index in [1.165, 1.54) is 6.92 Å². The van der Waals surface area contributed by atoms with Crippen LogP contribution in [0.1, 0.15) is 20.8 Å². The molecule has 0 aromatic rings. The molecule has 0 aliphatic rings. The molecule has 1 amide bonds. The number of carboxylic acid groups (broad SMARTS) is 1. The number of carboxylic acids is 1. The van der Waals surface area contributed by atoms with E-state index in [-0.39, 0.29) is 12.5 Å². The van der Waals surface area contributed by atoms with E-state index in [9.17, 15) is 9.59 Å². The number of carbonyl (C=O) groups is 2. The van der Waals surface area contributed by atoms with Crippen LogP contribution in [0.15, 0.2) is 0 Å². The minimum absolute atomic E-state index is 0.242. The first-order valence-corrected chi connectivity index (χ1v) is 4.09. The predicted molar refractivity (Wildman–Crippen MR) is 46.4 cm³/mol. The van der Waals surface area contributed by atoms with E-state index in [0.29, 0.717) is 0 Å². The van der Waals surface area contributed by atoms with Crippen molar-refractivity contribution in [2.24, 2.45) is 5.92 Å². The SMILES string of the molecule is CC(C)COC(=O)NC(C)C(=O)O. The fourth-order valence-corrected chi connectivity index (χ4v) is 0.523. The van der Waals surface area contributed by atoms with Gasteiger partial charge in [0.15, 0.2) is 0 Å². The lowest BCUT2D eigenvalue weighted by atomic mass is 10.2. The van der Waals surface area contributed by atoms with E-state index >= 15 is 0 Å². The summed E-state index contributed by atoms with van der Waals surface area (Å²) in [5.74, 6) is -0.840. The Morgan fingerprint density at radius 3 is 2.31 bits per heavy atom. The molecule has 0 aliphatic heterocycles. The third-order valence-electron chi connectivity index (χ3n) is 1.25. The summed E-state index contributed by atoms with van der Waals surface area (Å²) in [4.78, 5) is 21.2. The zero-order valence-corrected chi connectivity index (χ0v) is 8.03. The van der Waals surface area contributed by atoms with Gasteiger partial charge in [-0.15, -0.1) is 0 Å². The van der Waals surface area contributed by atoms with Gasteiger partial charge in [0.1, 0.15) is 6.04 Å². The minimum atomic E-state index is -1.08. The summed E-state index contributed by atoms with van der Waals surface area (Å²) >= 11 is 0. The Balaban J connectivity index is 3.68. The van der Waals surface area contributed by atoms with E-state index in [1.807, 2.05) is 13.8 Å². The second-order valence-corrected chi connectivity index (χ2v) is 3.20. The molecule has 0 spiro atoms. The van der Waals surface area contributed by atoms with Gasteiger partial charge in [-0.05, 0) is 12.8 Å². The van der Waals surface area contributed by atoms with Crippen molar-refractivity contribution in [1.29, 1.82) is 0 Å². The molecule has 0 bridgehead atoms. The van der Waals surface area contributed by atoms with Crippen LogP contribution in [0.4, 0.5) is 4.79 Å². The third-order valence-corrected chi connectivity index (χ3v) is 1.25. The topological polar surface area (TPSA) is 75.6 Å². The van der Waals surface area contributed by atoms with E-state index in [2.05, 4.69) is 5.32 Å². The first-order chi connectivity index (χ1) is 5.93. The Hall–Kier alpha value is -1.26. The summed E-state index contributed by atoms with van der Waals surface area (Å²) in [5, 5.41) is 10.6. The van der Waals surface area contributed by atoms with Crippen molar-refractivity contribution < 1.29 is 19.4 Å². The highest BCUT2D eigenvalue weighted by molar-refractivity contribution is 5.79. The number of ether oxygens (including phenoxy) is 1. The number of nitrogens with one attached hydrogen (secondary N) is 1. The Morgan fingerprint density at radius 2 is 1.92 bits per heavy atom. The number of hydrogen-bond acceptors (Lipinski definition) is 3. The fraction of sp³-hybridized carbons (Fsp3) is 0.750. The Kier molecular flexibility index (Phi) is 4.87. The number of rotatable bonds is 4. The molecule has 0 fully saturated rings. The zero-order valence-electron chi connectivity index (χ0n) is 8.03. The highest BCUT2D eigenvalue weighted by Crippen LogP contribution is 1.93. The molecule has 0 saturated heterocycles. The molecule has 0 radical (unpaired) electrons. The highest BCUT2D eigenvalue weighted by Gasteiger charge is 2.14. The van der Waals surface area contributed by atoms with Gasteiger partial charge in [0.25, 0.3) is 0 Å². The summed E-state index contributed by atoms with van der Waals surface area (Å²) in [7, 11) is 0. The average molecular weight is 189 g/mol. The molecule has 0 aliphatic carbocycles. The number of alkyl carbamates (subject to hydrolysis) is 1. The maximum atomic E-state index is 10.9. The summed E-state index contributed by atoms with van der Waals surface area (Å²) < 4.78 is 4.71. The largest absolute Gasteiger partial charge is 0.480 e. The minimum Gasteiger partial charge on any atom is -0.480 e. The molecular weight excluding hydrogens is 174 g/mol. The van der Waals surface area contributed by atoms with Crippen molar-refractivity contribution in [2.45, 2.75) is 26.8 Å². The van der Waals surface area contributed by atoms with Crippen LogP contribution < -0.4 is 5.32 Å². The monoisotopic (exact) mass is 189 g/mol. The lowest BCUT2D eigenvalue weighted by Gasteiger charge is -2.10. The van der Waals surface area contributed by atoms with Crippen molar-refractivity contribution in [3.8, 4) is 0 Å². The Morgan fingerprint density at radius 1 is 1.38 bits per heavy atom. The third kappa shape index (κ3) is 5.95. The smallest absolute Gasteiger partial charge is 0.407 e. The number of carbonyl (C=O) groups excluding carboxylic acids is 1. The fourth-order valence-electron chi connectivity index (χ4n) is 0.523. The molecule has 0 heterocycles. The molecule has 0 aromatic heterocycles. The number of aliphatic carboxylic acids is 1. The summed E-state index contributed by atoms with van der Waals surface area (Å²) in [5.41, 5.74) is 0. The zero-order chi connectivity index (χ0) is 10.4. The van der Waals surface area contributed by atoms with Gasteiger partial charge >= 0.3 is 12.1 Å². The first-order valence-electron chi connectivity index (χ1n) is 4.09. The van der Waals surface area contributed by atoms with E-state index in [1.54, 1.807) is 0 Å². The molecule has 76 valence electrons. The van der Waals surface area contributed by atoms with Gasteiger partial charge in [0, 0.05) is 0 Å². The van der Waals surface area contributed by atoms with Crippen LogP contribution in [0.3, 0.4) is 0 Å². The lowest BCUT2D eigenvalue weighted by molar-refractivity contribution is -0.138. The summed E-state index contributed by atoms with van der Waals surface area (Å²) in [6.45, 7) is 5.46. The molecule has 1 unspecified atom stereocenters. The molecule has 5 nitrogen and oxygen atoms in total. The Bertz CT molecular complexity index is 191. The van der Waals surface area contributed by atoms with Gasteiger partial charge in [-0.1, -0.05) is 13.8 Å². The van der Waals surface area contributed by atoms with Crippen LogP contribution in [0, 0.1) is 5.92 Å². The second-order valence-electron chi connectivity index (χ2n) is 3.20. The van der Waals surface area contributed by atoms with Gasteiger partial charge in [-0.2, -0.15) is 0 Å². The molecule has 5 heteroatoms. The summed E-state index contributed by atoms with van der Waals surface area (Å²) in [6, 6.07) is -0.917. The van der Waals surface area contributed by atoms with Crippen molar-refractivity contribution >= 4 is 12.1 Å². The summed E-state index contributed by atoms with van der Waals surface area (Å²) in [6.07, 6.45) is -0.691. The van der Waals surface area contributed by atoms with Gasteiger partial charge in [0.2, 0.25) is 0 Å². The van der Waals surface area contributed by atoms with Crippen LogP contribution in [0.5, 0.6) is 0 Å². The van der Waals surface area contributed by atoms with Crippen LogP contribution >= 0.6 is 0 Å². The van der Waals surface area contributed by atoms with Crippen LogP contribution in [-0.2, 0) is 9.53 Å². The number of amides is 1.